The Hall–Kier alpha value is -2.01. The predicted octanol–water partition coefficient (Wildman–Crippen LogP) is 2.51. The minimum absolute atomic E-state index is 0.729. The number of anilines is 1. The van der Waals surface area contributed by atoms with Gasteiger partial charge in [-0.1, -0.05) is 11.6 Å². The lowest BCUT2D eigenvalue weighted by Gasteiger charge is -2.30. The van der Waals surface area contributed by atoms with Crippen molar-refractivity contribution in [2.75, 3.05) is 11.4 Å². The van der Waals surface area contributed by atoms with Crippen LogP contribution in [0.3, 0.4) is 0 Å². The van der Waals surface area contributed by atoms with E-state index in [1.165, 1.54) is 11.3 Å². The Labute approximate surface area is 121 Å². The van der Waals surface area contributed by atoms with E-state index in [-0.39, 0.29) is 0 Å². The lowest BCUT2D eigenvalue weighted by Crippen LogP contribution is -2.31. The molecule has 0 spiro atoms. The third-order valence-corrected chi connectivity index (χ3v) is 4.20. The van der Waals surface area contributed by atoms with E-state index in [1.54, 1.807) is 0 Å². The number of aromatic amines is 1. The zero-order chi connectivity index (χ0) is 13.7. The van der Waals surface area contributed by atoms with Crippen molar-refractivity contribution in [2.24, 2.45) is 7.05 Å². The van der Waals surface area contributed by atoms with Crippen LogP contribution in [-0.2, 0) is 20.0 Å². The third-order valence-electron chi connectivity index (χ3n) is 3.98. The summed E-state index contributed by atoms with van der Waals surface area (Å²) in [5.74, 6) is 0. The average molecular weight is 288 g/mol. The van der Waals surface area contributed by atoms with Gasteiger partial charge in [0, 0.05) is 29.7 Å². The molecule has 2 aromatic heterocycles. The van der Waals surface area contributed by atoms with E-state index >= 15 is 0 Å². The average Bonchev–Trinajstić information content (AvgIpc) is 3.05. The van der Waals surface area contributed by atoms with Crippen LogP contribution in [0.2, 0.25) is 5.02 Å². The zero-order valence-corrected chi connectivity index (χ0v) is 11.9. The highest BCUT2D eigenvalue weighted by Crippen LogP contribution is 2.32. The maximum Gasteiger partial charge on any atom is 0.0686 e. The van der Waals surface area contributed by atoms with Crippen LogP contribution < -0.4 is 4.90 Å². The molecule has 3 aromatic rings. The molecule has 6 heteroatoms. The van der Waals surface area contributed by atoms with Gasteiger partial charge in [-0.15, -0.1) is 0 Å². The van der Waals surface area contributed by atoms with Crippen LogP contribution in [0, 0.1) is 0 Å². The topological polar surface area (TPSA) is 49.7 Å². The van der Waals surface area contributed by atoms with Gasteiger partial charge < -0.3 is 4.90 Å². The van der Waals surface area contributed by atoms with Gasteiger partial charge >= 0.3 is 0 Å². The fourth-order valence-electron chi connectivity index (χ4n) is 2.90. The lowest BCUT2D eigenvalue weighted by molar-refractivity contribution is 0.651. The number of hydrogen-bond donors (Lipinski definition) is 1. The summed E-state index contributed by atoms with van der Waals surface area (Å²) in [6.07, 6.45) is 4.84. The Kier molecular flexibility index (Phi) is 2.50. The molecule has 0 aliphatic carbocycles. The van der Waals surface area contributed by atoms with Crippen molar-refractivity contribution in [3.05, 3.63) is 40.8 Å². The van der Waals surface area contributed by atoms with E-state index in [1.807, 2.05) is 36.3 Å². The molecule has 1 aromatic carbocycles. The highest BCUT2D eigenvalue weighted by atomic mass is 35.5. The van der Waals surface area contributed by atoms with Gasteiger partial charge in [-0.05, 0) is 24.1 Å². The van der Waals surface area contributed by atoms with Gasteiger partial charge in [0.05, 0.1) is 30.1 Å². The summed E-state index contributed by atoms with van der Waals surface area (Å²) in [5, 5.41) is 13.3. The number of halogens is 1. The van der Waals surface area contributed by atoms with Crippen LogP contribution in [0.25, 0.3) is 10.9 Å². The number of nitrogens with one attached hydrogen (secondary N) is 1. The number of rotatable bonds is 1. The minimum atomic E-state index is 0.729. The molecule has 0 amide bonds. The molecule has 20 heavy (non-hydrogen) atoms. The van der Waals surface area contributed by atoms with Gasteiger partial charge in [0.2, 0.25) is 0 Å². The van der Waals surface area contributed by atoms with Crippen LogP contribution in [0.5, 0.6) is 0 Å². The second-order valence-electron chi connectivity index (χ2n) is 5.17. The van der Waals surface area contributed by atoms with E-state index in [9.17, 15) is 0 Å². The summed E-state index contributed by atoms with van der Waals surface area (Å²) in [6.45, 7) is 1.83. The summed E-state index contributed by atoms with van der Waals surface area (Å²) >= 11 is 6.22. The summed E-state index contributed by atoms with van der Waals surface area (Å²) in [7, 11) is 1.99. The zero-order valence-electron chi connectivity index (χ0n) is 11.1. The largest absolute Gasteiger partial charge is 0.365 e. The van der Waals surface area contributed by atoms with E-state index in [2.05, 4.69) is 20.2 Å². The molecule has 0 bridgehead atoms. The Balaban J connectivity index is 1.81. The van der Waals surface area contributed by atoms with E-state index in [4.69, 9.17) is 11.6 Å². The van der Waals surface area contributed by atoms with Crippen molar-refractivity contribution in [2.45, 2.75) is 13.0 Å². The molecule has 0 atom stereocenters. The standard InChI is InChI=1S/C14H14ClN5/c1-19-14-8-20(3-2-9(14)6-17-19)13-5-10(15)4-12-11(13)7-16-18-12/h4-7H,2-3,8H2,1H3,(H,16,18). The number of nitrogens with zero attached hydrogens (tertiary/aromatic N) is 4. The molecule has 0 saturated carbocycles. The second kappa shape index (κ2) is 4.24. The van der Waals surface area contributed by atoms with Gasteiger partial charge in [-0.3, -0.25) is 9.78 Å². The van der Waals surface area contributed by atoms with E-state index in [0.29, 0.717) is 0 Å². The minimum Gasteiger partial charge on any atom is -0.365 e. The quantitative estimate of drug-likeness (QED) is 0.748. The van der Waals surface area contributed by atoms with Crippen molar-refractivity contribution >= 4 is 28.2 Å². The highest BCUT2D eigenvalue weighted by Gasteiger charge is 2.21. The highest BCUT2D eigenvalue weighted by molar-refractivity contribution is 6.31. The Morgan fingerprint density at radius 2 is 2.20 bits per heavy atom. The lowest BCUT2D eigenvalue weighted by atomic mass is 10.1. The molecule has 1 N–H and O–H groups in total. The molecule has 4 rings (SSSR count). The van der Waals surface area contributed by atoms with Gasteiger partial charge in [-0.25, -0.2) is 0 Å². The monoisotopic (exact) mass is 287 g/mol. The van der Waals surface area contributed by atoms with Gasteiger partial charge in [0.25, 0.3) is 0 Å². The number of aromatic nitrogens is 4. The van der Waals surface area contributed by atoms with Crippen LogP contribution in [0.1, 0.15) is 11.3 Å². The summed E-state index contributed by atoms with van der Waals surface area (Å²) < 4.78 is 1.96. The molecule has 0 saturated heterocycles. The number of aryl methyl sites for hydroxylation is 1. The molecular weight excluding hydrogens is 274 g/mol. The van der Waals surface area contributed by atoms with Crippen molar-refractivity contribution in [1.29, 1.82) is 0 Å². The Bertz CT molecular complexity index is 788. The molecule has 0 unspecified atom stereocenters. The van der Waals surface area contributed by atoms with E-state index in [0.717, 1.165) is 41.1 Å². The van der Waals surface area contributed by atoms with Crippen molar-refractivity contribution in [3.8, 4) is 0 Å². The molecule has 102 valence electrons. The number of benzene rings is 1. The molecule has 5 nitrogen and oxygen atoms in total. The molecule has 1 aliphatic rings. The first kappa shape index (κ1) is 11.8. The summed E-state index contributed by atoms with van der Waals surface area (Å²) in [6, 6.07) is 3.92. The number of hydrogen-bond acceptors (Lipinski definition) is 3. The first-order chi connectivity index (χ1) is 9.72. The summed E-state index contributed by atoms with van der Waals surface area (Å²) in [4.78, 5) is 2.34. The molecule has 3 heterocycles. The second-order valence-corrected chi connectivity index (χ2v) is 5.60. The third kappa shape index (κ3) is 1.70. The number of fused-ring (bicyclic) bond motifs is 2. The molecule has 0 radical (unpaired) electrons. The Morgan fingerprint density at radius 1 is 1.30 bits per heavy atom. The van der Waals surface area contributed by atoms with Crippen LogP contribution in [0.4, 0.5) is 5.69 Å². The van der Waals surface area contributed by atoms with Crippen LogP contribution in [-0.4, -0.2) is 26.5 Å². The fraction of sp³-hybridized carbons (Fsp3) is 0.286. The normalized spacial score (nSPS) is 14.8. The molecular formula is C14H14ClN5. The molecule has 1 aliphatic heterocycles. The maximum absolute atomic E-state index is 6.22. The van der Waals surface area contributed by atoms with Crippen molar-refractivity contribution in [1.82, 2.24) is 20.0 Å². The van der Waals surface area contributed by atoms with Crippen molar-refractivity contribution < 1.29 is 0 Å². The van der Waals surface area contributed by atoms with Crippen LogP contribution >= 0.6 is 11.6 Å². The predicted molar refractivity (Wildman–Crippen MR) is 79.1 cm³/mol. The van der Waals surface area contributed by atoms with E-state index < -0.39 is 0 Å². The van der Waals surface area contributed by atoms with Crippen LogP contribution in [0.15, 0.2) is 24.5 Å². The maximum atomic E-state index is 6.22. The number of H-pyrrole nitrogens is 1. The first-order valence-corrected chi connectivity index (χ1v) is 6.97. The van der Waals surface area contributed by atoms with Gasteiger partial charge in [-0.2, -0.15) is 10.2 Å². The Morgan fingerprint density at radius 3 is 3.10 bits per heavy atom. The first-order valence-electron chi connectivity index (χ1n) is 6.60. The van der Waals surface area contributed by atoms with Gasteiger partial charge in [0.15, 0.2) is 0 Å². The summed E-state index contributed by atoms with van der Waals surface area (Å²) in [5.41, 5.74) is 4.72. The SMILES string of the molecule is Cn1ncc2c1CN(c1cc(Cl)cc3[nH]ncc13)CC2. The molecule has 0 fully saturated rings. The fourth-order valence-corrected chi connectivity index (χ4v) is 3.11. The van der Waals surface area contributed by atoms with Gasteiger partial charge in [0.1, 0.15) is 0 Å². The smallest absolute Gasteiger partial charge is 0.0686 e. The van der Waals surface area contributed by atoms with Crippen molar-refractivity contribution in [3.63, 3.8) is 0 Å².